The molecule has 3 aliphatic heterocycles. The average molecular weight is 474 g/mol. The fourth-order valence-corrected chi connectivity index (χ4v) is 6.35. The minimum atomic E-state index is -0.594. The van der Waals surface area contributed by atoms with Gasteiger partial charge in [0.05, 0.1) is 0 Å². The van der Waals surface area contributed by atoms with Crippen molar-refractivity contribution in [3.63, 3.8) is 0 Å². The minimum Gasteiger partial charge on any atom is -0.489 e. The van der Waals surface area contributed by atoms with E-state index in [-0.39, 0.29) is 30.2 Å². The Labute approximate surface area is 205 Å². The Bertz CT molecular complexity index is 1150. The topological polar surface area (TPSA) is 79.0 Å². The van der Waals surface area contributed by atoms with Crippen LogP contribution in [0.3, 0.4) is 0 Å². The smallest absolute Gasteiger partial charge is 0.255 e. The highest BCUT2D eigenvalue weighted by Gasteiger charge is 2.40. The number of amides is 3. The van der Waals surface area contributed by atoms with Gasteiger partial charge in [-0.2, -0.15) is 0 Å². The quantitative estimate of drug-likeness (QED) is 0.675. The number of nitrogens with zero attached hydrogens (tertiary/aromatic N) is 2. The molecule has 1 unspecified atom stereocenters. The van der Waals surface area contributed by atoms with Gasteiger partial charge in [0.25, 0.3) is 5.91 Å². The number of hydrogen-bond acceptors (Lipinski definition) is 5. The normalized spacial score (nSPS) is 28.9. The lowest BCUT2D eigenvalue weighted by molar-refractivity contribution is -0.136. The number of rotatable bonds is 5. The van der Waals surface area contributed by atoms with E-state index in [1.165, 1.54) is 12.0 Å². The number of ether oxygens (including phenoxy) is 1. The molecule has 0 spiro atoms. The van der Waals surface area contributed by atoms with E-state index in [0.29, 0.717) is 30.5 Å². The fraction of sp³-hybridized carbons (Fsp3) is 0.464. The molecule has 4 aliphatic rings. The number of likely N-dealkylation sites (tertiary alicyclic amines) is 1. The van der Waals surface area contributed by atoms with Crippen LogP contribution in [0.25, 0.3) is 0 Å². The summed E-state index contributed by atoms with van der Waals surface area (Å²) in [6.45, 7) is 2.55. The second-order valence-electron chi connectivity index (χ2n) is 10.3. The van der Waals surface area contributed by atoms with Crippen molar-refractivity contribution >= 4 is 17.7 Å². The Balaban J connectivity index is 1.12. The monoisotopic (exact) mass is 473 g/mol. The molecule has 7 nitrogen and oxygen atoms in total. The minimum absolute atomic E-state index is 0.144. The Morgan fingerprint density at radius 2 is 1.80 bits per heavy atom. The van der Waals surface area contributed by atoms with Crippen molar-refractivity contribution in [2.75, 3.05) is 13.1 Å². The SMILES string of the molecule is O=C1CCC(N2Cc3cc(O[C@H]4CCC[C@H]4N4CC[C@H](c5ccccc5)C4)ccc3C2=O)C(=O)N1. The number of carbonyl (C=O) groups excluding carboxylic acids is 3. The van der Waals surface area contributed by atoms with Crippen molar-refractivity contribution in [1.82, 2.24) is 15.1 Å². The van der Waals surface area contributed by atoms with Crippen molar-refractivity contribution in [1.29, 1.82) is 0 Å². The number of piperidine rings is 1. The van der Waals surface area contributed by atoms with E-state index < -0.39 is 6.04 Å². The largest absolute Gasteiger partial charge is 0.489 e. The summed E-state index contributed by atoms with van der Waals surface area (Å²) in [5.74, 6) is 0.570. The van der Waals surface area contributed by atoms with Crippen LogP contribution in [0, 0.1) is 0 Å². The summed E-state index contributed by atoms with van der Waals surface area (Å²) in [6.07, 6.45) is 5.31. The highest BCUT2D eigenvalue weighted by molar-refractivity contribution is 6.05. The van der Waals surface area contributed by atoms with Gasteiger partial charge in [-0.3, -0.25) is 24.6 Å². The van der Waals surface area contributed by atoms with Gasteiger partial charge in [0, 0.05) is 31.1 Å². The third-order valence-corrected chi connectivity index (χ3v) is 8.16. The van der Waals surface area contributed by atoms with Gasteiger partial charge < -0.3 is 9.64 Å². The maximum absolute atomic E-state index is 13.0. The summed E-state index contributed by atoms with van der Waals surface area (Å²) in [4.78, 5) is 41.0. The second kappa shape index (κ2) is 9.11. The molecule has 182 valence electrons. The van der Waals surface area contributed by atoms with Crippen LogP contribution < -0.4 is 10.1 Å². The van der Waals surface area contributed by atoms with Crippen molar-refractivity contribution in [2.24, 2.45) is 0 Å². The van der Waals surface area contributed by atoms with Crippen molar-refractivity contribution in [3.8, 4) is 5.75 Å². The number of fused-ring (bicyclic) bond motifs is 1. The predicted octanol–water partition coefficient (Wildman–Crippen LogP) is 3.24. The fourth-order valence-electron chi connectivity index (χ4n) is 6.35. The molecule has 0 aromatic heterocycles. The number of hydrogen-bond donors (Lipinski definition) is 1. The van der Waals surface area contributed by atoms with Gasteiger partial charge in [-0.1, -0.05) is 30.3 Å². The lowest BCUT2D eigenvalue weighted by atomic mass is 9.99. The molecule has 0 radical (unpaired) electrons. The first-order chi connectivity index (χ1) is 17.1. The molecule has 2 saturated heterocycles. The van der Waals surface area contributed by atoms with Gasteiger partial charge in [-0.15, -0.1) is 0 Å². The Hall–Kier alpha value is -3.19. The maximum Gasteiger partial charge on any atom is 0.255 e. The molecule has 1 aliphatic carbocycles. The first-order valence-corrected chi connectivity index (χ1v) is 12.8. The van der Waals surface area contributed by atoms with Crippen LogP contribution in [0.5, 0.6) is 5.75 Å². The summed E-state index contributed by atoms with van der Waals surface area (Å²) in [5, 5.41) is 2.36. The lowest BCUT2D eigenvalue weighted by Crippen LogP contribution is -2.52. The molecule has 0 bridgehead atoms. The predicted molar refractivity (Wildman–Crippen MR) is 130 cm³/mol. The van der Waals surface area contributed by atoms with Crippen LogP contribution in [0.15, 0.2) is 48.5 Å². The van der Waals surface area contributed by atoms with Gasteiger partial charge in [-0.25, -0.2) is 0 Å². The summed E-state index contributed by atoms with van der Waals surface area (Å²) >= 11 is 0. The van der Waals surface area contributed by atoms with Gasteiger partial charge in [0.15, 0.2) is 0 Å². The molecule has 3 fully saturated rings. The van der Waals surface area contributed by atoms with E-state index in [1.54, 1.807) is 4.90 Å². The van der Waals surface area contributed by atoms with Crippen LogP contribution in [0.2, 0.25) is 0 Å². The lowest BCUT2D eigenvalue weighted by Gasteiger charge is -2.30. The molecule has 4 atom stereocenters. The maximum atomic E-state index is 13.0. The average Bonchev–Trinajstić information content (AvgIpc) is 3.59. The van der Waals surface area contributed by atoms with Crippen LogP contribution in [-0.2, 0) is 16.1 Å². The third kappa shape index (κ3) is 4.22. The van der Waals surface area contributed by atoms with Gasteiger partial charge in [-0.05, 0) is 73.9 Å². The Kier molecular flexibility index (Phi) is 5.80. The number of imide groups is 1. The molecule has 7 heteroatoms. The van der Waals surface area contributed by atoms with E-state index >= 15 is 0 Å². The van der Waals surface area contributed by atoms with Crippen LogP contribution in [0.1, 0.15) is 65.9 Å². The molecule has 3 amide bonds. The molecular formula is C28H31N3O4. The highest BCUT2D eigenvalue weighted by atomic mass is 16.5. The zero-order valence-electron chi connectivity index (χ0n) is 19.8. The summed E-state index contributed by atoms with van der Waals surface area (Å²) in [5.41, 5.74) is 2.93. The standard InChI is InChI=1S/C28H31N3O4/c32-26-12-11-24(27(33)29-26)31-17-20-15-21(9-10-22(20)28(31)34)35-25-8-4-7-23(25)30-14-13-19(16-30)18-5-2-1-3-6-18/h1-3,5-6,9-10,15,19,23-25H,4,7-8,11-14,16-17H2,(H,29,32,33)/t19-,23+,24?,25-/m0/s1. The van der Waals surface area contributed by atoms with E-state index in [1.807, 2.05) is 18.2 Å². The third-order valence-electron chi connectivity index (χ3n) is 8.16. The molecule has 2 aromatic carbocycles. The number of nitrogens with one attached hydrogen (secondary N) is 1. The highest BCUT2D eigenvalue weighted by Crippen LogP contribution is 2.36. The molecular weight excluding hydrogens is 442 g/mol. The van der Waals surface area contributed by atoms with Crippen molar-refractivity contribution < 1.29 is 19.1 Å². The molecule has 6 rings (SSSR count). The number of carbonyl (C=O) groups is 3. The van der Waals surface area contributed by atoms with Crippen molar-refractivity contribution in [2.45, 2.75) is 69.2 Å². The zero-order chi connectivity index (χ0) is 23.9. The van der Waals surface area contributed by atoms with Crippen LogP contribution in [0.4, 0.5) is 0 Å². The zero-order valence-corrected chi connectivity index (χ0v) is 19.8. The first kappa shape index (κ1) is 22.3. The van der Waals surface area contributed by atoms with Crippen molar-refractivity contribution in [3.05, 3.63) is 65.2 Å². The molecule has 35 heavy (non-hydrogen) atoms. The molecule has 2 aromatic rings. The first-order valence-electron chi connectivity index (χ1n) is 12.8. The number of benzene rings is 2. The summed E-state index contributed by atoms with van der Waals surface area (Å²) < 4.78 is 6.52. The van der Waals surface area contributed by atoms with E-state index in [9.17, 15) is 14.4 Å². The Morgan fingerprint density at radius 1 is 0.943 bits per heavy atom. The Morgan fingerprint density at radius 3 is 2.63 bits per heavy atom. The summed E-state index contributed by atoms with van der Waals surface area (Å²) in [7, 11) is 0. The molecule has 1 saturated carbocycles. The van der Waals surface area contributed by atoms with E-state index in [4.69, 9.17) is 4.74 Å². The van der Waals surface area contributed by atoms with Gasteiger partial charge in [0.2, 0.25) is 11.8 Å². The second-order valence-corrected chi connectivity index (χ2v) is 10.3. The molecule has 3 heterocycles. The van der Waals surface area contributed by atoms with Gasteiger partial charge in [0.1, 0.15) is 17.9 Å². The van der Waals surface area contributed by atoms with Gasteiger partial charge >= 0.3 is 0 Å². The van der Waals surface area contributed by atoms with Crippen LogP contribution >= 0.6 is 0 Å². The van der Waals surface area contributed by atoms with E-state index in [0.717, 1.165) is 43.7 Å². The molecule has 1 N–H and O–H groups in total. The van der Waals surface area contributed by atoms with E-state index in [2.05, 4.69) is 40.5 Å². The summed E-state index contributed by atoms with van der Waals surface area (Å²) in [6, 6.07) is 16.3. The van der Waals surface area contributed by atoms with Crippen LogP contribution in [-0.4, -0.2) is 58.8 Å².